The number of aliphatic hydroxyl groups excluding tert-OH is 1. The van der Waals surface area contributed by atoms with E-state index in [-0.39, 0.29) is 19.1 Å². The van der Waals surface area contributed by atoms with E-state index in [1.54, 1.807) is 6.08 Å². The second-order valence-corrected chi connectivity index (χ2v) is 16.4. The van der Waals surface area contributed by atoms with Gasteiger partial charge in [0.25, 0.3) is 7.82 Å². The van der Waals surface area contributed by atoms with E-state index in [2.05, 4.69) is 31.3 Å². The summed E-state index contributed by atoms with van der Waals surface area (Å²) in [5, 5.41) is 13.7. The van der Waals surface area contributed by atoms with Crippen LogP contribution in [0.5, 0.6) is 0 Å². The third kappa shape index (κ3) is 35.2. The summed E-state index contributed by atoms with van der Waals surface area (Å²) < 4.78 is 23.1. The Bertz CT molecular complexity index is 860. The first-order valence-corrected chi connectivity index (χ1v) is 21.7. The molecule has 0 aliphatic carbocycles. The fourth-order valence-corrected chi connectivity index (χ4v) is 6.34. The molecule has 9 heteroatoms. The maximum absolute atomic E-state index is 12.8. The van der Waals surface area contributed by atoms with Crippen LogP contribution in [0.15, 0.2) is 24.3 Å². The molecular formula is C40H79N2O6P. The number of carbonyl (C=O) groups is 1. The van der Waals surface area contributed by atoms with Crippen LogP contribution in [-0.2, 0) is 18.4 Å². The zero-order valence-corrected chi connectivity index (χ0v) is 33.5. The number of hydrogen-bond donors (Lipinski definition) is 2. The highest BCUT2D eigenvalue weighted by atomic mass is 31.2. The third-order valence-corrected chi connectivity index (χ3v) is 9.87. The van der Waals surface area contributed by atoms with Crippen LogP contribution in [0.1, 0.15) is 174 Å². The Morgan fingerprint density at radius 1 is 0.694 bits per heavy atom. The SMILES string of the molecule is CCCCCCCC/C=C/CCCCCCCCCC(=O)N[C@@H](COP(=O)([O-])OCC[N+](C)(C)C)[C@H](O)/C=C/CCCCCCCCCC. The van der Waals surface area contributed by atoms with Gasteiger partial charge >= 0.3 is 0 Å². The molecule has 2 N–H and O–H groups in total. The van der Waals surface area contributed by atoms with E-state index in [1.807, 2.05) is 27.2 Å². The van der Waals surface area contributed by atoms with Gasteiger partial charge in [0, 0.05) is 6.42 Å². The van der Waals surface area contributed by atoms with Gasteiger partial charge in [-0.2, -0.15) is 0 Å². The molecule has 0 spiro atoms. The van der Waals surface area contributed by atoms with E-state index >= 15 is 0 Å². The molecule has 0 bridgehead atoms. The van der Waals surface area contributed by atoms with Crippen molar-refractivity contribution in [3.8, 4) is 0 Å². The van der Waals surface area contributed by atoms with Crippen LogP contribution < -0.4 is 10.2 Å². The van der Waals surface area contributed by atoms with Crippen molar-refractivity contribution in [2.75, 3.05) is 40.9 Å². The molecule has 0 aromatic rings. The summed E-state index contributed by atoms with van der Waals surface area (Å²) in [7, 11) is 1.26. The Hall–Kier alpha value is -1.02. The van der Waals surface area contributed by atoms with Crippen molar-refractivity contribution < 1.29 is 32.9 Å². The number of phosphoric acid groups is 1. The van der Waals surface area contributed by atoms with Gasteiger partial charge in [0.2, 0.25) is 5.91 Å². The number of rotatable bonds is 36. The Labute approximate surface area is 303 Å². The van der Waals surface area contributed by atoms with Crippen molar-refractivity contribution in [1.82, 2.24) is 5.32 Å². The van der Waals surface area contributed by atoms with Crippen LogP contribution in [0.25, 0.3) is 0 Å². The molecule has 0 saturated heterocycles. The number of quaternary nitrogens is 1. The summed E-state index contributed by atoms with van der Waals surface area (Å²) in [6.45, 7) is 4.60. The summed E-state index contributed by atoms with van der Waals surface area (Å²) in [6.07, 6.45) is 36.5. The number of unbranched alkanes of at least 4 members (excludes halogenated alkanes) is 21. The Kier molecular flexibility index (Phi) is 32.2. The Morgan fingerprint density at radius 2 is 1.12 bits per heavy atom. The van der Waals surface area contributed by atoms with E-state index in [0.717, 1.165) is 38.5 Å². The normalized spacial score (nSPS) is 14.8. The average Bonchev–Trinajstić information content (AvgIpc) is 3.04. The lowest BCUT2D eigenvalue weighted by Crippen LogP contribution is -2.45. The number of nitrogens with one attached hydrogen (secondary N) is 1. The van der Waals surface area contributed by atoms with E-state index in [1.165, 1.54) is 116 Å². The zero-order chi connectivity index (χ0) is 36.5. The molecule has 0 aliphatic rings. The van der Waals surface area contributed by atoms with Gasteiger partial charge < -0.3 is 28.8 Å². The zero-order valence-electron chi connectivity index (χ0n) is 32.6. The molecule has 49 heavy (non-hydrogen) atoms. The lowest BCUT2D eigenvalue weighted by atomic mass is 10.1. The van der Waals surface area contributed by atoms with Gasteiger partial charge in [-0.05, 0) is 44.9 Å². The monoisotopic (exact) mass is 715 g/mol. The summed E-state index contributed by atoms with van der Waals surface area (Å²) in [5.41, 5.74) is 0. The molecule has 0 aromatic heterocycles. The first-order chi connectivity index (χ1) is 23.5. The van der Waals surface area contributed by atoms with Crippen molar-refractivity contribution in [1.29, 1.82) is 0 Å². The maximum atomic E-state index is 12.8. The van der Waals surface area contributed by atoms with Crippen LogP contribution in [-0.4, -0.2) is 68.5 Å². The number of aliphatic hydroxyl groups is 1. The number of allylic oxidation sites excluding steroid dienone is 3. The van der Waals surface area contributed by atoms with Gasteiger partial charge in [0.05, 0.1) is 39.9 Å². The molecule has 290 valence electrons. The molecule has 8 nitrogen and oxygen atoms in total. The van der Waals surface area contributed by atoms with Crippen molar-refractivity contribution in [2.24, 2.45) is 0 Å². The molecule has 0 saturated carbocycles. The molecular weight excluding hydrogens is 635 g/mol. The fourth-order valence-electron chi connectivity index (χ4n) is 5.62. The smallest absolute Gasteiger partial charge is 0.268 e. The highest BCUT2D eigenvalue weighted by Crippen LogP contribution is 2.38. The second kappa shape index (κ2) is 32.9. The number of carbonyl (C=O) groups excluding carboxylic acids is 1. The highest BCUT2D eigenvalue weighted by Gasteiger charge is 2.23. The minimum atomic E-state index is -4.58. The van der Waals surface area contributed by atoms with Gasteiger partial charge in [-0.25, -0.2) is 0 Å². The van der Waals surface area contributed by atoms with Crippen LogP contribution >= 0.6 is 7.82 Å². The molecule has 0 rings (SSSR count). The summed E-state index contributed by atoms with van der Waals surface area (Å²) in [4.78, 5) is 25.2. The first kappa shape index (κ1) is 48.0. The van der Waals surface area contributed by atoms with E-state index in [9.17, 15) is 19.4 Å². The number of hydrogen-bond acceptors (Lipinski definition) is 6. The lowest BCUT2D eigenvalue weighted by molar-refractivity contribution is -0.870. The third-order valence-electron chi connectivity index (χ3n) is 8.91. The van der Waals surface area contributed by atoms with Crippen molar-refractivity contribution in [2.45, 2.75) is 187 Å². The van der Waals surface area contributed by atoms with Gasteiger partial charge in [-0.15, -0.1) is 0 Å². The molecule has 0 heterocycles. The summed E-state index contributed by atoms with van der Waals surface area (Å²) >= 11 is 0. The van der Waals surface area contributed by atoms with Gasteiger partial charge in [0.15, 0.2) is 0 Å². The molecule has 1 amide bonds. The van der Waals surface area contributed by atoms with Crippen LogP contribution in [0.2, 0.25) is 0 Å². The number of phosphoric ester groups is 1. The predicted molar refractivity (Wildman–Crippen MR) is 205 cm³/mol. The minimum Gasteiger partial charge on any atom is -0.756 e. The fraction of sp³-hybridized carbons (Fsp3) is 0.875. The van der Waals surface area contributed by atoms with Crippen LogP contribution in [0, 0.1) is 0 Å². The maximum Gasteiger partial charge on any atom is 0.268 e. The summed E-state index contributed by atoms with van der Waals surface area (Å²) in [5.74, 6) is -0.205. The topological polar surface area (TPSA) is 108 Å². The van der Waals surface area contributed by atoms with E-state index in [0.29, 0.717) is 17.4 Å². The van der Waals surface area contributed by atoms with Crippen molar-refractivity contribution >= 4 is 13.7 Å². The number of likely N-dealkylation sites (N-methyl/N-ethyl adjacent to an activating group) is 1. The number of nitrogens with zero attached hydrogens (tertiary/aromatic N) is 1. The second-order valence-electron chi connectivity index (χ2n) is 15.0. The molecule has 0 aliphatic heterocycles. The summed E-state index contributed by atoms with van der Waals surface area (Å²) in [6, 6.07) is -0.883. The van der Waals surface area contributed by atoms with Gasteiger partial charge in [0.1, 0.15) is 13.2 Å². The molecule has 1 unspecified atom stereocenters. The largest absolute Gasteiger partial charge is 0.756 e. The molecule has 0 fully saturated rings. The lowest BCUT2D eigenvalue weighted by Gasteiger charge is -2.29. The van der Waals surface area contributed by atoms with Crippen LogP contribution in [0.3, 0.4) is 0 Å². The van der Waals surface area contributed by atoms with Crippen LogP contribution in [0.4, 0.5) is 0 Å². The van der Waals surface area contributed by atoms with E-state index < -0.39 is 20.0 Å². The quantitative estimate of drug-likeness (QED) is 0.0290. The van der Waals surface area contributed by atoms with Gasteiger partial charge in [-0.1, -0.05) is 147 Å². The van der Waals surface area contributed by atoms with E-state index in [4.69, 9.17) is 9.05 Å². The van der Waals surface area contributed by atoms with Crippen molar-refractivity contribution in [3.05, 3.63) is 24.3 Å². The standard InChI is InChI=1S/C40H79N2O6P/c1-6-8-10-12-14-16-18-19-20-21-22-23-24-26-28-30-32-34-40(44)41-38(37-48-49(45,46)47-36-35-42(3,4)5)39(43)33-31-29-27-25-17-15-13-11-9-7-2/h19-20,31,33,38-39,43H,6-18,21-30,32,34-37H2,1-5H3,(H-,41,44,45,46)/b20-19+,33-31+/t38-,39+/m0/s1. The van der Waals surface area contributed by atoms with Crippen molar-refractivity contribution in [3.63, 3.8) is 0 Å². The molecule has 3 atom stereocenters. The van der Waals surface area contributed by atoms with Gasteiger partial charge in [-0.3, -0.25) is 9.36 Å². The predicted octanol–water partition coefficient (Wildman–Crippen LogP) is 9.94. The Balaban J connectivity index is 4.43. The first-order valence-electron chi connectivity index (χ1n) is 20.2. The number of amides is 1. The average molecular weight is 715 g/mol. The molecule has 0 aromatic carbocycles. The minimum absolute atomic E-state index is 0.00127. The molecule has 0 radical (unpaired) electrons. The highest BCUT2D eigenvalue weighted by molar-refractivity contribution is 7.45. The Morgan fingerprint density at radius 3 is 1.59 bits per heavy atom.